The SMILES string of the molecule is CCN(CC)S(=O)(=O)c1ccc(C)c(C(=O)OC(C)C(=O)Nc2ccnn2C(C)C)c1. The van der Waals surface area contributed by atoms with Crippen molar-refractivity contribution in [3.8, 4) is 0 Å². The highest BCUT2D eigenvalue weighted by atomic mass is 32.2. The Labute approximate surface area is 183 Å². The van der Waals surface area contributed by atoms with E-state index in [1.165, 1.54) is 23.4 Å². The van der Waals surface area contributed by atoms with Crippen LogP contribution in [0.5, 0.6) is 0 Å². The third-order valence-corrected chi connectivity index (χ3v) is 6.88. The molecular weight excluding hydrogens is 420 g/mol. The maximum Gasteiger partial charge on any atom is 0.339 e. The summed E-state index contributed by atoms with van der Waals surface area (Å²) in [5.74, 6) is -0.791. The van der Waals surface area contributed by atoms with Crippen LogP contribution in [0.2, 0.25) is 0 Å². The average Bonchev–Trinajstić information content (AvgIpc) is 3.17. The standard InChI is InChI=1S/C21H30N4O5S/c1-7-24(8-2)31(28,29)17-10-9-15(5)18(13-17)21(27)30-16(6)20(26)23-19-11-12-22-25(19)14(3)4/h9-14,16H,7-8H2,1-6H3,(H,23,26). The fourth-order valence-corrected chi connectivity index (χ4v) is 4.51. The van der Waals surface area contributed by atoms with Gasteiger partial charge < -0.3 is 10.1 Å². The number of sulfonamides is 1. The second-order valence-electron chi connectivity index (χ2n) is 7.36. The van der Waals surface area contributed by atoms with E-state index < -0.39 is 28.0 Å². The summed E-state index contributed by atoms with van der Waals surface area (Å²) in [6.07, 6.45) is 0.475. The van der Waals surface area contributed by atoms with Crippen LogP contribution < -0.4 is 5.32 Å². The first kappa shape index (κ1) is 24.5. The molecule has 2 rings (SSSR count). The van der Waals surface area contributed by atoms with Crippen molar-refractivity contribution in [2.45, 2.75) is 58.6 Å². The minimum Gasteiger partial charge on any atom is -0.449 e. The molecule has 0 radical (unpaired) electrons. The monoisotopic (exact) mass is 450 g/mol. The van der Waals surface area contributed by atoms with E-state index in [0.29, 0.717) is 24.5 Å². The Morgan fingerprint density at radius 1 is 1.16 bits per heavy atom. The van der Waals surface area contributed by atoms with Crippen LogP contribution in [0.15, 0.2) is 35.4 Å². The summed E-state index contributed by atoms with van der Waals surface area (Å²) in [7, 11) is -3.73. The van der Waals surface area contributed by atoms with E-state index in [-0.39, 0.29) is 16.5 Å². The van der Waals surface area contributed by atoms with Crippen molar-refractivity contribution >= 4 is 27.7 Å². The molecule has 170 valence electrons. The minimum atomic E-state index is -3.73. The molecule has 1 aromatic heterocycles. The van der Waals surface area contributed by atoms with Crippen molar-refractivity contribution in [1.82, 2.24) is 14.1 Å². The zero-order valence-corrected chi connectivity index (χ0v) is 19.6. The molecule has 0 spiro atoms. The van der Waals surface area contributed by atoms with Crippen LogP contribution in [0.4, 0.5) is 5.82 Å². The van der Waals surface area contributed by atoms with Gasteiger partial charge in [-0.05, 0) is 45.4 Å². The summed E-state index contributed by atoms with van der Waals surface area (Å²) in [6, 6.07) is 6.00. The van der Waals surface area contributed by atoms with Crippen molar-refractivity contribution in [2.24, 2.45) is 0 Å². The maximum absolute atomic E-state index is 12.8. The highest BCUT2D eigenvalue weighted by Gasteiger charge is 2.26. The Morgan fingerprint density at radius 3 is 2.39 bits per heavy atom. The van der Waals surface area contributed by atoms with Gasteiger partial charge in [0, 0.05) is 25.2 Å². The lowest BCUT2D eigenvalue weighted by atomic mass is 10.1. The molecule has 1 aromatic carbocycles. The Bertz CT molecular complexity index is 1040. The summed E-state index contributed by atoms with van der Waals surface area (Å²) < 4.78 is 33.8. The predicted molar refractivity (Wildman–Crippen MR) is 117 cm³/mol. The Hall–Kier alpha value is -2.72. The Balaban J connectivity index is 2.19. The first-order valence-corrected chi connectivity index (χ1v) is 11.6. The third kappa shape index (κ3) is 5.50. The molecule has 0 aliphatic rings. The van der Waals surface area contributed by atoms with Crippen LogP contribution in [0.3, 0.4) is 0 Å². The van der Waals surface area contributed by atoms with Crippen molar-refractivity contribution in [2.75, 3.05) is 18.4 Å². The molecule has 10 heteroatoms. The topological polar surface area (TPSA) is 111 Å². The molecule has 1 unspecified atom stereocenters. The maximum atomic E-state index is 12.8. The average molecular weight is 451 g/mol. The lowest BCUT2D eigenvalue weighted by Gasteiger charge is -2.19. The summed E-state index contributed by atoms with van der Waals surface area (Å²) in [4.78, 5) is 25.2. The van der Waals surface area contributed by atoms with Gasteiger partial charge >= 0.3 is 5.97 Å². The second kappa shape index (κ2) is 10.1. The van der Waals surface area contributed by atoms with Gasteiger partial charge in [0.25, 0.3) is 5.91 Å². The number of hydrogen-bond donors (Lipinski definition) is 1. The number of esters is 1. The molecule has 1 atom stereocenters. The molecule has 0 aliphatic heterocycles. The van der Waals surface area contributed by atoms with E-state index in [1.807, 2.05) is 13.8 Å². The molecule has 0 saturated carbocycles. The number of ether oxygens (including phenoxy) is 1. The van der Waals surface area contributed by atoms with Crippen LogP contribution in [-0.2, 0) is 19.6 Å². The zero-order valence-electron chi connectivity index (χ0n) is 18.7. The largest absolute Gasteiger partial charge is 0.449 e. The minimum absolute atomic E-state index is 0.00619. The summed E-state index contributed by atoms with van der Waals surface area (Å²) in [6.45, 7) is 11.1. The molecule has 31 heavy (non-hydrogen) atoms. The van der Waals surface area contributed by atoms with Crippen molar-refractivity contribution < 1.29 is 22.7 Å². The van der Waals surface area contributed by atoms with Crippen LogP contribution in [0.1, 0.15) is 56.6 Å². The van der Waals surface area contributed by atoms with E-state index in [2.05, 4.69) is 10.4 Å². The number of aryl methyl sites for hydroxylation is 1. The second-order valence-corrected chi connectivity index (χ2v) is 9.30. The number of rotatable bonds is 9. The number of nitrogens with one attached hydrogen (secondary N) is 1. The predicted octanol–water partition coefficient (Wildman–Crippen LogP) is 2.99. The lowest BCUT2D eigenvalue weighted by Crippen LogP contribution is -2.32. The van der Waals surface area contributed by atoms with Crippen molar-refractivity contribution in [3.63, 3.8) is 0 Å². The number of benzene rings is 1. The third-order valence-electron chi connectivity index (χ3n) is 4.84. The van der Waals surface area contributed by atoms with Gasteiger partial charge in [0.1, 0.15) is 5.82 Å². The van der Waals surface area contributed by atoms with E-state index >= 15 is 0 Å². The fraction of sp³-hybridized carbons (Fsp3) is 0.476. The van der Waals surface area contributed by atoms with Gasteiger partial charge in [-0.25, -0.2) is 17.9 Å². The number of carbonyl (C=O) groups is 2. The summed E-state index contributed by atoms with van der Waals surface area (Å²) >= 11 is 0. The van der Waals surface area contributed by atoms with Crippen LogP contribution >= 0.6 is 0 Å². The lowest BCUT2D eigenvalue weighted by molar-refractivity contribution is -0.123. The number of anilines is 1. The summed E-state index contributed by atoms with van der Waals surface area (Å²) in [5, 5.41) is 6.83. The van der Waals surface area contributed by atoms with Gasteiger partial charge in [-0.2, -0.15) is 9.40 Å². The quantitative estimate of drug-likeness (QED) is 0.588. The fourth-order valence-electron chi connectivity index (χ4n) is 3.02. The number of hydrogen-bond acceptors (Lipinski definition) is 6. The van der Waals surface area contributed by atoms with Gasteiger partial charge in [-0.3, -0.25) is 4.79 Å². The first-order valence-electron chi connectivity index (χ1n) is 10.2. The van der Waals surface area contributed by atoms with E-state index in [1.54, 1.807) is 43.8 Å². The molecule has 1 amide bonds. The normalized spacial score (nSPS) is 12.8. The molecule has 1 N–H and O–H groups in total. The number of nitrogens with zero attached hydrogens (tertiary/aromatic N) is 3. The van der Waals surface area contributed by atoms with Crippen LogP contribution in [0, 0.1) is 6.92 Å². The Morgan fingerprint density at radius 2 is 1.81 bits per heavy atom. The molecule has 9 nitrogen and oxygen atoms in total. The highest BCUT2D eigenvalue weighted by Crippen LogP contribution is 2.21. The van der Waals surface area contributed by atoms with E-state index in [4.69, 9.17) is 4.74 Å². The summed E-state index contributed by atoms with van der Waals surface area (Å²) in [5.41, 5.74) is 0.647. The molecule has 0 saturated heterocycles. The molecule has 0 fully saturated rings. The van der Waals surface area contributed by atoms with Crippen molar-refractivity contribution in [1.29, 1.82) is 0 Å². The molecule has 0 bridgehead atoms. The van der Waals surface area contributed by atoms with Gasteiger partial charge in [-0.1, -0.05) is 19.9 Å². The molecular formula is C21H30N4O5S. The molecule has 2 aromatic rings. The van der Waals surface area contributed by atoms with Gasteiger partial charge in [0.2, 0.25) is 10.0 Å². The zero-order chi connectivity index (χ0) is 23.3. The van der Waals surface area contributed by atoms with Gasteiger partial charge in [0.05, 0.1) is 16.7 Å². The van der Waals surface area contributed by atoms with E-state index in [9.17, 15) is 18.0 Å². The number of carbonyl (C=O) groups excluding carboxylic acids is 2. The highest BCUT2D eigenvalue weighted by molar-refractivity contribution is 7.89. The van der Waals surface area contributed by atoms with Crippen LogP contribution in [0.25, 0.3) is 0 Å². The van der Waals surface area contributed by atoms with Crippen molar-refractivity contribution in [3.05, 3.63) is 41.6 Å². The smallest absolute Gasteiger partial charge is 0.339 e. The number of aromatic nitrogens is 2. The first-order chi connectivity index (χ1) is 14.5. The van der Waals surface area contributed by atoms with Gasteiger partial charge in [-0.15, -0.1) is 0 Å². The molecule has 0 aliphatic carbocycles. The molecule has 1 heterocycles. The van der Waals surface area contributed by atoms with Gasteiger partial charge in [0.15, 0.2) is 6.10 Å². The Kier molecular flexibility index (Phi) is 7.96. The van der Waals surface area contributed by atoms with Crippen LogP contribution in [-0.4, -0.2) is 53.6 Å². The number of amides is 1. The van der Waals surface area contributed by atoms with E-state index in [0.717, 1.165) is 0 Å².